The number of nitrogens with one attached hydrogen (secondary N) is 1. The Bertz CT molecular complexity index is 359. The number of hydrogen-bond donors (Lipinski definition) is 2. The summed E-state index contributed by atoms with van der Waals surface area (Å²) in [6, 6.07) is 7.00. The van der Waals surface area contributed by atoms with Crippen molar-refractivity contribution in [2.75, 3.05) is 0 Å². The lowest BCUT2D eigenvalue weighted by molar-refractivity contribution is 0.151. The van der Waals surface area contributed by atoms with Crippen LogP contribution in [-0.2, 0) is 0 Å². The maximum atomic E-state index is 12.8. The van der Waals surface area contributed by atoms with Crippen molar-refractivity contribution < 1.29 is 9.50 Å². The Hall–Kier alpha value is -0.930. The summed E-state index contributed by atoms with van der Waals surface area (Å²) in [4.78, 5) is 0. The third-order valence-electron chi connectivity index (χ3n) is 3.71. The average molecular weight is 251 g/mol. The highest BCUT2D eigenvalue weighted by molar-refractivity contribution is 5.18. The Balaban J connectivity index is 1.82. The van der Waals surface area contributed by atoms with E-state index in [1.807, 2.05) is 0 Å². The number of benzene rings is 1. The number of hydrogen-bond acceptors (Lipinski definition) is 2. The second-order valence-electron chi connectivity index (χ2n) is 5.35. The summed E-state index contributed by atoms with van der Waals surface area (Å²) in [5.41, 5.74) is 0.788. The van der Waals surface area contributed by atoms with Crippen LogP contribution in [0.4, 0.5) is 4.39 Å². The monoisotopic (exact) mass is 251 g/mol. The minimum Gasteiger partial charge on any atom is -0.388 e. The normalized spacial score (nSPS) is 19.9. The fourth-order valence-corrected chi connectivity index (χ4v) is 2.72. The number of aliphatic hydroxyl groups is 1. The topological polar surface area (TPSA) is 32.3 Å². The molecule has 0 aromatic heterocycles. The molecule has 0 radical (unpaired) electrons. The van der Waals surface area contributed by atoms with Gasteiger partial charge in [-0.15, -0.1) is 0 Å². The zero-order chi connectivity index (χ0) is 13.0. The first-order chi connectivity index (χ1) is 8.65. The molecule has 100 valence electrons. The molecule has 1 aliphatic carbocycles. The van der Waals surface area contributed by atoms with E-state index in [2.05, 4.69) is 12.2 Å². The number of aliphatic hydroxyl groups excluding tert-OH is 1. The van der Waals surface area contributed by atoms with Crippen LogP contribution < -0.4 is 5.32 Å². The maximum absolute atomic E-state index is 12.8. The van der Waals surface area contributed by atoms with Crippen molar-refractivity contribution in [3.63, 3.8) is 0 Å². The molecule has 1 aromatic rings. The van der Waals surface area contributed by atoms with Crippen LogP contribution in [0.5, 0.6) is 0 Å². The molecule has 0 spiro atoms. The predicted octanol–water partition coefficient (Wildman–Crippen LogP) is 3.17. The van der Waals surface area contributed by atoms with Crippen LogP contribution in [0.25, 0.3) is 0 Å². The van der Waals surface area contributed by atoms with Crippen LogP contribution in [0.1, 0.15) is 50.7 Å². The van der Waals surface area contributed by atoms with Gasteiger partial charge in [-0.1, -0.05) is 25.0 Å². The van der Waals surface area contributed by atoms with Crippen LogP contribution in [0.3, 0.4) is 0 Å². The van der Waals surface area contributed by atoms with Crippen molar-refractivity contribution in [3.05, 3.63) is 35.6 Å². The summed E-state index contributed by atoms with van der Waals surface area (Å²) < 4.78 is 12.8. The van der Waals surface area contributed by atoms with Crippen molar-refractivity contribution in [2.24, 2.45) is 0 Å². The Kier molecular flexibility index (Phi) is 4.72. The molecular formula is C15H22FNO. The third kappa shape index (κ3) is 3.79. The minimum atomic E-state index is -0.519. The molecule has 0 saturated heterocycles. The summed E-state index contributed by atoms with van der Waals surface area (Å²) in [7, 11) is 0. The smallest absolute Gasteiger partial charge is 0.123 e. The molecule has 1 saturated carbocycles. The van der Waals surface area contributed by atoms with Gasteiger partial charge >= 0.3 is 0 Å². The van der Waals surface area contributed by atoms with Crippen molar-refractivity contribution in [3.8, 4) is 0 Å². The lowest BCUT2D eigenvalue weighted by atomic mass is 10.0. The van der Waals surface area contributed by atoms with E-state index in [0.29, 0.717) is 12.5 Å². The van der Waals surface area contributed by atoms with Gasteiger partial charge in [0, 0.05) is 12.1 Å². The second-order valence-corrected chi connectivity index (χ2v) is 5.35. The molecular weight excluding hydrogens is 229 g/mol. The van der Waals surface area contributed by atoms with Gasteiger partial charge in [-0.05, 0) is 43.9 Å². The quantitative estimate of drug-likeness (QED) is 0.842. The Labute approximate surface area is 108 Å². The van der Waals surface area contributed by atoms with Gasteiger partial charge in [0.25, 0.3) is 0 Å². The Morgan fingerprint density at radius 3 is 2.50 bits per heavy atom. The summed E-state index contributed by atoms with van der Waals surface area (Å²) >= 11 is 0. The highest BCUT2D eigenvalue weighted by Gasteiger charge is 2.19. The zero-order valence-electron chi connectivity index (χ0n) is 10.9. The highest BCUT2D eigenvalue weighted by Crippen LogP contribution is 2.22. The summed E-state index contributed by atoms with van der Waals surface area (Å²) in [6.07, 6.45) is 5.26. The second kappa shape index (κ2) is 6.30. The van der Waals surface area contributed by atoms with Gasteiger partial charge in [0.05, 0.1) is 6.10 Å². The van der Waals surface area contributed by atoms with Crippen molar-refractivity contribution in [1.82, 2.24) is 5.32 Å². The first kappa shape index (κ1) is 13.5. The molecule has 0 aliphatic heterocycles. The summed E-state index contributed by atoms with van der Waals surface area (Å²) in [5.74, 6) is -0.261. The van der Waals surface area contributed by atoms with Crippen molar-refractivity contribution >= 4 is 0 Å². The molecule has 3 heteroatoms. The molecule has 2 rings (SSSR count). The van der Waals surface area contributed by atoms with Crippen molar-refractivity contribution in [1.29, 1.82) is 0 Å². The summed E-state index contributed by atoms with van der Waals surface area (Å²) in [6.45, 7) is 2.10. The third-order valence-corrected chi connectivity index (χ3v) is 3.71. The van der Waals surface area contributed by atoms with Crippen LogP contribution in [0.15, 0.2) is 24.3 Å². The van der Waals surface area contributed by atoms with Gasteiger partial charge in [0.15, 0.2) is 0 Å². The molecule has 1 aliphatic rings. The van der Waals surface area contributed by atoms with Gasteiger partial charge in [-0.3, -0.25) is 0 Å². The van der Waals surface area contributed by atoms with Gasteiger partial charge in [-0.2, -0.15) is 0 Å². The van der Waals surface area contributed by atoms with Gasteiger partial charge in [-0.25, -0.2) is 4.39 Å². The standard InChI is InChI=1S/C15H22FNO/c1-11(17-14-4-2-3-5-14)10-15(18)12-6-8-13(16)9-7-12/h6-9,11,14-15,17-18H,2-5,10H2,1H3. The fraction of sp³-hybridized carbons (Fsp3) is 0.600. The Morgan fingerprint density at radius 2 is 1.89 bits per heavy atom. The SMILES string of the molecule is CC(CC(O)c1ccc(F)cc1)NC1CCCC1. The van der Waals surface area contributed by atoms with E-state index in [1.165, 1.54) is 37.8 Å². The molecule has 2 nitrogen and oxygen atoms in total. The van der Waals surface area contributed by atoms with Gasteiger partial charge in [0.1, 0.15) is 5.82 Å². The molecule has 0 amide bonds. The van der Waals surface area contributed by atoms with Crippen LogP contribution >= 0.6 is 0 Å². The fourth-order valence-electron chi connectivity index (χ4n) is 2.72. The molecule has 0 bridgehead atoms. The van der Waals surface area contributed by atoms with E-state index < -0.39 is 6.10 Å². The van der Waals surface area contributed by atoms with Crippen LogP contribution in [-0.4, -0.2) is 17.2 Å². The molecule has 2 N–H and O–H groups in total. The first-order valence-corrected chi connectivity index (χ1v) is 6.84. The van der Waals surface area contributed by atoms with E-state index >= 15 is 0 Å². The van der Waals surface area contributed by atoms with E-state index in [9.17, 15) is 9.50 Å². The average Bonchev–Trinajstić information content (AvgIpc) is 2.82. The van der Waals surface area contributed by atoms with E-state index in [-0.39, 0.29) is 11.9 Å². The van der Waals surface area contributed by atoms with Crippen LogP contribution in [0, 0.1) is 5.82 Å². The molecule has 2 atom stereocenters. The molecule has 2 unspecified atom stereocenters. The van der Waals surface area contributed by atoms with Crippen LogP contribution in [0.2, 0.25) is 0 Å². The van der Waals surface area contributed by atoms with E-state index in [0.717, 1.165) is 5.56 Å². The maximum Gasteiger partial charge on any atom is 0.123 e. The van der Waals surface area contributed by atoms with Gasteiger partial charge in [0.2, 0.25) is 0 Å². The molecule has 1 aromatic carbocycles. The van der Waals surface area contributed by atoms with E-state index in [1.54, 1.807) is 12.1 Å². The van der Waals surface area contributed by atoms with Crippen molar-refractivity contribution in [2.45, 2.75) is 57.2 Å². The lowest BCUT2D eigenvalue weighted by Crippen LogP contribution is -2.35. The zero-order valence-corrected chi connectivity index (χ0v) is 10.9. The lowest BCUT2D eigenvalue weighted by Gasteiger charge is -2.22. The molecule has 18 heavy (non-hydrogen) atoms. The Morgan fingerprint density at radius 1 is 1.28 bits per heavy atom. The molecule has 0 heterocycles. The number of halogens is 1. The minimum absolute atomic E-state index is 0.261. The van der Waals surface area contributed by atoms with Gasteiger partial charge < -0.3 is 10.4 Å². The predicted molar refractivity (Wildman–Crippen MR) is 70.8 cm³/mol. The molecule has 1 fully saturated rings. The first-order valence-electron chi connectivity index (χ1n) is 6.84. The summed E-state index contributed by atoms with van der Waals surface area (Å²) in [5, 5.41) is 13.7. The largest absolute Gasteiger partial charge is 0.388 e. The number of rotatable bonds is 5. The highest BCUT2D eigenvalue weighted by atomic mass is 19.1. The van der Waals surface area contributed by atoms with E-state index in [4.69, 9.17) is 0 Å².